The second-order valence-corrected chi connectivity index (χ2v) is 6.26. The van der Waals surface area contributed by atoms with Gasteiger partial charge in [-0.15, -0.1) is 0 Å². The molecule has 0 amide bonds. The number of likely N-dealkylation sites (N-methyl/N-ethyl adjacent to an activating group) is 1. The van der Waals surface area contributed by atoms with Crippen LogP contribution in [0.1, 0.15) is 28.4 Å². The zero-order chi connectivity index (χ0) is 16.7. The number of nitrogens with zero attached hydrogens (tertiary/aromatic N) is 1. The molecule has 3 rings (SSSR count). The average Bonchev–Trinajstić information content (AvgIpc) is 2.53. The van der Waals surface area contributed by atoms with Gasteiger partial charge in [-0.1, -0.05) is 0 Å². The zero-order valence-electron chi connectivity index (χ0n) is 14.4. The fourth-order valence-electron chi connectivity index (χ4n) is 3.21. The summed E-state index contributed by atoms with van der Waals surface area (Å²) in [6.07, 6.45) is -0.0426. The predicted octanol–water partition coefficient (Wildman–Crippen LogP) is 2.73. The van der Waals surface area contributed by atoms with E-state index in [0.717, 1.165) is 40.9 Å². The maximum atomic E-state index is 12.1. The molecule has 1 aromatic carbocycles. The van der Waals surface area contributed by atoms with Crippen molar-refractivity contribution in [2.75, 3.05) is 33.9 Å². The molecule has 1 atom stereocenters. The van der Waals surface area contributed by atoms with Gasteiger partial charge in [0, 0.05) is 18.7 Å². The molecule has 1 saturated heterocycles. The number of ether oxygens (including phenoxy) is 2. The van der Waals surface area contributed by atoms with E-state index >= 15 is 0 Å². The minimum Gasteiger partial charge on any atom is -0.496 e. The van der Waals surface area contributed by atoms with Crippen molar-refractivity contribution >= 4 is 11.0 Å². The van der Waals surface area contributed by atoms with Gasteiger partial charge in [-0.25, -0.2) is 4.79 Å². The van der Waals surface area contributed by atoms with E-state index in [9.17, 15) is 4.79 Å². The summed E-state index contributed by atoms with van der Waals surface area (Å²) in [6.45, 7) is 8.12. The first-order valence-corrected chi connectivity index (χ1v) is 7.85. The fourth-order valence-corrected chi connectivity index (χ4v) is 3.21. The first-order valence-electron chi connectivity index (χ1n) is 7.85. The summed E-state index contributed by atoms with van der Waals surface area (Å²) in [7, 11) is 3.72. The van der Waals surface area contributed by atoms with E-state index in [4.69, 9.17) is 13.9 Å². The van der Waals surface area contributed by atoms with Crippen molar-refractivity contribution in [2.45, 2.75) is 26.9 Å². The number of methoxy groups -OCH3 is 1. The molecule has 1 aromatic heterocycles. The maximum Gasteiger partial charge on any atom is 0.339 e. The van der Waals surface area contributed by atoms with Crippen molar-refractivity contribution in [2.24, 2.45) is 0 Å². The molecule has 124 valence electrons. The number of hydrogen-bond donors (Lipinski definition) is 0. The quantitative estimate of drug-likeness (QED) is 0.797. The van der Waals surface area contributed by atoms with Gasteiger partial charge in [0.1, 0.15) is 11.3 Å². The van der Waals surface area contributed by atoms with E-state index in [1.165, 1.54) is 0 Å². The molecule has 1 fully saturated rings. The maximum absolute atomic E-state index is 12.1. The number of fused-ring (bicyclic) bond motifs is 1. The van der Waals surface area contributed by atoms with Gasteiger partial charge < -0.3 is 18.8 Å². The summed E-state index contributed by atoms with van der Waals surface area (Å²) >= 11 is 0. The van der Waals surface area contributed by atoms with Crippen molar-refractivity contribution in [3.63, 3.8) is 0 Å². The van der Waals surface area contributed by atoms with Crippen LogP contribution in [0, 0.1) is 20.8 Å². The van der Waals surface area contributed by atoms with Gasteiger partial charge in [-0.3, -0.25) is 0 Å². The lowest BCUT2D eigenvalue weighted by Gasteiger charge is -2.31. The van der Waals surface area contributed by atoms with Gasteiger partial charge in [0.25, 0.3) is 0 Å². The largest absolute Gasteiger partial charge is 0.496 e. The summed E-state index contributed by atoms with van der Waals surface area (Å²) in [5, 5.41) is 0.870. The van der Waals surface area contributed by atoms with Gasteiger partial charge in [0.15, 0.2) is 0 Å². The molecule has 1 unspecified atom stereocenters. The summed E-state index contributed by atoms with van der Waals surface area (Å²) in [5.74, 6) is 0.724. The number of hydrogen-bond acceptors (Lipinski definition) is 5. The average molecular weight is 317 g/mol. The molecule has 0 radical (unpaired) electrons. The Bertz CT molecular complexity index is 809. The molecule has 2 heterocycles. The number of rotatable bonds is 2. The molecular formula is C18H23NO4. The van der Waals surface area contributed by atoms with Crippen LogP contribution in [0.15, 0.2) is 15.3 Å². The van der Waals surface area contributed by atoms with E-state index in [-0.39, 0.29) is 11.7 Å². The van der Waals surface area contributed by atoms with Crippen molar-refractivity contribution in [1.29, 1.82) is 0 Å². The van der Waals surface area contributed by atoms with E-state index in [1.54, 1.807) is 14.0 Å². The van der Waals surface area contributed by atoms with Gasteiger partial charge in [0.05, 0.1) is 25.2 Å². The molecular weight excluding hydrogens is 294 g/mol. The van der Waals surface area contributed by atoms with Crippen LogP contribution in [0.25, 0.3) is 11.0 Å². The van der Waals surface area contributed by atoms with Gasteiger partial charge in [0.2, 0.25) is 0 Å². The lowest BCUT2D eigenvalue weighted by molar-refractivity contribution is -0.0212. The topological polar surface area (TPSA) is 51.9 Å². The molecule has 0 spiro atoms. The van der Waals surface area contributed by atoms with Crippen LogP contribution < -0.4 is 10.4 Å². The van der Waals surface area contributed by atoms with Crippen molar-refractivity contribution in [1.82, 2.24) is 4.90 Å². The smallest absolute Gasteiger partial charge is 0.339 e. The van der Waals surface area contributed by atoms with Crippen LogP contribution in [0.2, 0.25) is 0 Å². The van der Waals surface area contributed by atoms with Crippen LogP contribution >= 0.6 is 0 Å². The van der Waals surface area contributed by atoms with Crippen LogP contribution in [0.4, 0.5) is 0 Å². The van der Waals surface area contributed by atoms with Gasteiger partial charge >= 0.3 is 5.63 Å². The fraction of sp³-hybridized carbons (Fsp3) is 0.500. The molecule has 0 saturated carbocycles. The highest BCUT2D eigenvalue weighted by Crippen LogP contribution is 2.37. The van der Waals surface area contributed by atoms with Crippen LogP contribution in [0.3, 0.4) is 0 Å². The third kappa shape index (κ3) is 2.64. The highest BCUT2D eigenvalue weighted by atomic mass is 16.5. The minimum absolute atomic E-state index is 0.0426. The third-order valence-electron chi connectivity index (χ3n) is 4.81. The third-order valence-corrected chi connectivity index (χ3v) is 4.81. The number of benzene rings is 1. The van der Waals surface area contributed by atoms with Crippen LogP contribution in [-0.4, -0.2) is 38.8 Å². The van der Waals surface area contributed by atoms with E-state index in [0.29, 0.717) is 17.8 Å². The molecule has 0 bridgehead atoms. The van der Waals surface area contributed by atoms with Crippen molar-refractivity contribution in [3.05, 3.63) is 38.7 Å². The van der Waals surface area contributed by atoms with Crippen molar-refractivity contribution < 1.29 is 13.9 Å². The highest BCUT2D eigenvalue weighted by Gasteiger charge is 2.25. The molecule has 2 aromatic rings. The predicted molar refractivity (Wildman–Crippen MR) is 89.4 cm³/mol. The molecule has 23 heavy (non-hydrogen) atoms. The molecule has 1 aliphatic rings. The Morgan fingerprint density at radius 1 is 1.22 bits per heavy atom. The number of aryl methyl sites for hydroxylation is 2. The Morgan fingerprint density at radius 2 is 1.96 bits per heavy atom. The van der Waals surface area contributed by atoms with E-state index < -0.39 is 0 Å². The second kappa shape index (κ2) is 5.98. The summed E-state index contributed by atoms with van der Waals surface area (Å²) in [4.78, 5) is 14.3. The molecule has 5 nitrogen and oxygen atoms in total. The number of morpholine rings is 1. The monoisotopic (exact) mass is 317 g/mol. The molecule has 1 aliphatic heterocycles. The highest BCUT2D eigenvalue weighted by molar-refractivity contribution is 5.90. The summed E-state index contributed by atoms with van der Waals surface area (Å²) in [6, 6.07) is 2.02. The van der Waals surface area contributed by atoms with E-state index in [2.05, 4.69) is 11.9 Å². The van der Waals surface area contributed by atoms with Crippen LogP contribution in [-0.2, 0) is 4.74 Å². The molecule has 0 N–H and O–H groups in total. The first kappa shape index (κ1) is 16.0. The normalized spacial score (nSPS) is 19.3. The summed E-state index contributed by atoms with van der Waals surface area (Å²) < 4.78 is 17.1. The lowest BCUT2D eigenvalue weighted by atomic mass is 9.96. The van der Waals surface area contributed by atoms with Crippen LogP contribution in [0.5, 0.6) is 5.75 Å². The van der Waals surface area contributed by atoms with Gasteiger partial charge in [-0.05, 0) is 50.6 Å². The Kier molecular flexibility index (Phi) is 4.17. The van der Waals surface area contributed by atoms with E-state index in [1.807, 2.05) is 19.9 Å². The molecule has 5 heteroatoms. The minimum atomic E-state index is -0.293. The summed E-state index contributed by atoms with van der Waals surface area (Å²) in [5.41, 5.74) is 3.80. The Labute approximate surface area is 135 Å². The first-order chi connectivity index (χ1) is 10.9. The Balaban J connectivity index is 2.27. The van der Waals surface area contributed by atoms with Crippen molar-refractivity contribution in [3.8, 4) is 5.75 Å². The zero-order valence-corrected chi connectivity index (χ0v) is 14.4. The SMILES string of the molecule is COc1cc(C2CN(C)CCO2)c(C)c2oc(=O)c(C)c(C)c12. The Morgan fingerprint density at radius 3 is 2.61 bits per heavy atom. The second-order valence-electron chi connectivity index (χ2n) is 6.26. The van der Waals surface area contributed by atoms with Gasteiger partial charge in [-0.2, -0.15) is 0 Å². The lowest BCUT2D eigenvalue weighted by Crippen LogP contribution is -2.35. The Hall–Kier alpha value is -1.85. The standard InChI is InChI=1S/C18H23NO4/c1-10-11(2)18(20)23-17-12(3)13(8-14(21-5)16(10)17)15-9-19(4)6-7-22-15/h8,15H,6-7,9H2,1-5H3. The molecule has 0 aliphatic carbocycles.